The first-order valence-corrected chi connectivity index (χ1v) is 13.7. The molecule has 0 saturated carbocycles. The van der Waals surface area contributed by atoms with Crippen LogP contribution < -0.4 is 38.5 Å². The van der Waals surface area contributed by atoms with E-state index >= 15 is 0 Å². The van der Waals surface area contributed by atoms with Gasteiger partial charge >= 0.3 is 5.97 Å². The van der Waals surface area contributed by atoms with Gasteiger partial charge < -0.3 is 48.5 Å². The monoisotopic (exact) mass is 635 g/mol. The van der Waals surface area contributed by atoms with Crippen LogP contribution >= 0.6 is 25.3 Å². The van der Waals surface area contributed by atoms with Gasteiger partial charge in [0, 0.05) is 31.0 Å². The maximum Gasteiger partial charge on any atom is 0.305 e. The molecule has 0 radical (unpaired) electrons. The first kappa shape index (κ1) is 38.3. The van der Waals surface area contributed by atoms with Crippen molar-refractivity contribution in [2.45, 2.75) is 68.9 Å². The van der Waals surface area contributed by atoms with Crippen molar-refractivity contribution < 1.29 is 38.7 Å². The van der Waals surface area contributed by atoms with Crippen LogP contribution in [0, 0.1) is 0 Å². The van der Waals surface area contributed by atoms with E-state index in [1.165, 1.54) is 27.8 Å². The standard InChI is InChI=1S/C23H41N9O8S2/c1-11(33)29-13(10-41)21(40)32(4)14(6-5-7-27-22(25)26)20(39)28-9-15(34)30-12(8-16(35)36)19(38)31-17(18(24)37)23(2,3)42/h12-14,17,41-42H,5-10H2,1-4H3,(H2,24,37)(H,28,39)(H,29,33)(H,30,34)(H,31,38)(H,35,36)(H4,25,26,27)/t12-,13-,14-,17+/m0/s1. The fourth-order valence-corrected chi connectivity index (χ4v) is 4.02. The highest BCUT2D eigenvalue weighted by Crippen LogP contribution is 2.17. The van der Waals surface area contributed by atoms with Gasteiger partial charge in [-0.3, -0.25) is 38.6 Å². The molecule has 0 aliphatic rings. The van der Waals surface area contributed by atoms with Gasteiger partial charge in [-0.2, -0.15) is 25.3 Å². The molecule has 4 atom stereocenters. The molecule has 0 spiro atoms. The van der Waals surface area contributed by atoms with Crippen LogP contribution in [-0.4, -0.2) is 112 Å². The number of carboxylic acids is 1. The van der Waals surface area contributed by atoms with Crippen LogP contribution in [0.1, 0.15) is 40.0 Å². The van der Waals surface area contributed by atoms with Crippen molar-refractivity contribution in [3.63, 3.8) is 0 Å². The van der Waals surface area contributed by atoms with Crippen LogP contribution in [-0.2, 0) is 33.6 Å². The van der Waals surface area contributed by atoms with Gasteiger partial charge in [-0.15, -0.1) is 0 Å². The van der Waals surface area contributed by atoms with Gasteiger partial charge in [-0.25, -0.2) is 0 Å². The number of hydrogen-bond acceptors (Lipinski definition) is 10. The highest BCUT2D eigenvalue weighted by Gasteiger charge is 2.35. The van der Waals surface area contributed by atoms with Crippen molar-refractivity contribution in [2.24, 2.45) is 22.2 Å². The molecule has 0 aromatic carbocycles. The number of rotatable bonds is 18. The van der Waals surface area contributed by atoms with Gasteiger partial charge in [0.05, 0.1) is 13.0 Å². The molecule has 0 rings (SSSR count). The normalized spacial score (nSPS) is 13.8. The van der Waals surface area contributed by atoms with Gasteiger partial charge in [0.1, 0.15) is 24.2 Å². The van der Waals surface area contributed by atoms with Gasteiger partial charge in [0.25, 0.3) is 0 Å². The molecule has 0 aromatic rings. The Balaban J connectivity index is 5.66. The first-order chi connectivity index (χ1) is 19.3. The van der Waals surface area contributed by atoms with E-state index in [1.807, 2.05) is 0 Å². The third kappa shape index (κ3) is 14.2. The Bertz CT molecular complexity index is 1050. The van der Waals surface area contributed by atoms with E-state index in [-0.39, 0.29) is 31.1 Å². The summed E-state index contributed by atoms with van der Waals surface area (Å²) in [5, 5.41) is 18.5. The molecule has 17 nitrogen and oxygen atoms in total. The number of guanidine groups is 1. The second-order valence-corrected chi connectivity index (χ2v) is 11.3. The Labute approximate surface area is 254 Å². The number of nitrogens with two attached hydrogens (primary N) is 3. The maximum atomic E-state index is 13.1. The minimum atomic E-state index is -1.63. The number of aliphatic carboxylic acids is 1. The molecule has 0 aliphatic carbocycles. The average Bonchev–Trinajstić information content (AvgIpc) is 2.86. The van der Waals surface area contributed by atoms with Gasteiger partial charge in [0.15, 0.2) is 5.96 Å². The van der Waals surface area contributed by atoms with E-state index in [2.05, 4.69) is 51.5 Å². The predicted molar refractivity (Wildman–Crippen MR) is 159 cm³/mol. The summed E-state index contributed by atoms with van der Waals surface area (Å²) in [6, 6.07) is -5.10. The zero-order valence-corrected chi connectivity index (χ0v) is 25.7. The van der Waals surface area contributed by atoms with Crippen molar-refractivity contribution in [3.8, 4) is 0 Å². The summed E-state index contributed by atoms with van der Waals surface area (Å²) in [5.41, 5.74) is 15.9. The number of carboxylic acid groups (broad SMARTS) is 1. The quantitative estimate of drug-likeness (QED) is 0.0302. The van der Waals surface area contributed by atoms with Gasteiger partial charge in [-0.05, 0) is 26.7 Å². The summed E-state index contributed by atoms with van der Waals surface area (Å²) < 4.78 is -1.11. The number of aliphatic imine (C=N–C) groups is 1. The smallest absolute Gasteiger partial charge is 0.305 e. The van der Waals surface area contributed by atoms with Crippen molar-refractivity contribution in [2.75, 3.05) is 25.9 Å². The Morgan fingerprint density at radius 3 is 2.02 bits per heavy atom. The molecular weight excluding hydrogens is 594 g/mol. The summed E-state index contributed by atoms with van der Waals surface area (Å²) >= 11 is 8.29. The third-order valence-corrected chi connectivity index (χ3v) is 6.26. The SMILES string of the molecule is CC(=O)N[C@@H](CS)C(=O)N(C)[C@@H](CCCN=C(N)N)C(=O)NCC(=O)N[C@@H](CC(=O)O)C(=O)N[C@H](C(N)=O)C(C)(C)S. The van der Waals surface area contributed by atoms with Gasteiger partial charge in [0.2, 0.25) is 35.4 Å². The second kappa shape index (κ2) is 17.9. The number of carbonyl (C=O) groups excluding carboxylic acids is 6. The lowest BCUT2D eigenvalue weighted by Gasteiger charge is -2.30. The highest BCUT2D eigenvalue weighted by molar-refractivity contribution is 7.81. The predicted octanol–water partition coefficient (Wildman–Crippen LogP) is -3.94. The zero-order chi connectivity index (χ0) is 32.8. The Morgan fingerprint density at radius 2 is 1.57 bits per heavy atom. The first-order valence-electron chi connectivity index (χ1n) is 12.6. The molecule has 0 aromatic heterocycles. The van der Waals surface area contributed by atoms with Crippen LogP contribution in [0.5, 0.6) is 0 Å². The van der Waals surface area contributed by atoms with E-state index in [9.17, 15) is 38.7 Å². The molecule has 0 saturated heterocycles. The lowest BCUT2D eigenvalue weighted by Crippen LogP contribution is -2.59. The van der Waals surface area contributed by atoms with E-state index in [0.717, 1.165) is 4.90 Å². The molecule has 0 aliphatic heterocycles. The minimum absolute atomic E-state index is 0.0540. The summed E-state index contributed by atoms with van der Waals surface area (Å²) in [5.74, 6) is -6.41. The fourth-order valence-electron chi connectivity index (χ4n) is 3.58. The van der Waals surface area contributed by atoms with Crippen LogP contribution in [0.15, 0.2) is 4.99 Å². The number of thiol groups is 2. The second-order valence-electron chi connectivity index (χ2n) is 9.78. The molecule has 0 unspecified atom stereocenters. The summed E-state index contributed by atoms with van der Waals surface area (Å²) in [4.78, 5) is 90.8. The lowest BCUT2D eigenvalue weighted by molar-refractivity contribution is -0.142. The largest absolute Gasteiger partial charge is 0.481 e. The topological polar surface area (TPSA) is 281 Å². The number of nitrogens with one attached hydrogen (secondary N) is 4. The van der Waals surface area contributed by atoms with E-state index in [1.54, 1.807) is 0 Å². The number of nitrogens with zero attached hydrogens (tertiary/aromatic N) is 2. The highest BCUT2D eigenvalue weighted by atomic mass is 32.1. The Morgan fingerprint density at radius 1 is 0.976 bits per heavy atom. The molecule has 42 heavy (non-hydrogen) atoms. The lowest BCUT2D eigenvalue weighted by atomic mass is 10.0. The fraction of sp³-hybridized carbons (Fsp3) is 0.652. The summed E-state index contributed by atoms with van der Waals surface area (Å²) in [7, 11) is 1.33. The van der Waals surface area contributed by atoms with E-state index < -0.39 is 83.3 Å². The molecular formula is C23H41N9O8S2. The Hall–Kier alpha value is -3.74. The maximum absolute atomic E-state index is 13.1. The van der Waals surface area contributed by atoms with Crippen molar-refractivity contribution in [3.05, 3.63) is 0 Å². The van der Waals surface area contributed by atoms with Crippen LogP contribution in [0.4, 0.5) is 0 Å². The number of primary amides is 1. The van der Waals surface area contributed by atoms with Crippen LogP contribution in [0.3, 0.4) is 0 Å². The van der Waals surface area contributed by atoms with Crippen LogP contribution in [0.25, 0.3) is 0 Å². The molecule has 0 bridgehead atoms. The molecule has 238 valence electrons. The summed E-state index contributed by atoms with van der Waals surface area (Å²) in [6.45, 7) is 3.64. The zero-order valence-electron chi connectivity index (χ0n) is 23.9. The van der Waals surface area contributed by atoms with Crippen molar-refractivity contribution in [1.29, 1.82) is 0 Å². The molecule has 0 heterocycles. The Kier molecular flexibility index (Phi) is 16.3. The number of amides is 6. The van der Waals surface area contributed by atoms with E-state index in [4.69, 9.17) is 17.2 Å². The molecule has 6 amide bonds. The third-order valence-electron chi connectivity index (χ3n) is 5.64. The number of hydrogen-bond donors (Lipinski definition) is 10. The number of carbonyl (C=O) groups is 7. The minimum Gasteiger partial charge on any atom is -0.481 e. The van der Waals surface area contributed by atoms with Crippen LogP contribution in [0.2, 0.25) is 0 Å². The summed E-state index contributed by atoms with van der Waals surface area (Å²) in [6.07, 6.45) is -0.526. The number of likely N-dealkylation sites (N-methyl/N-ethyl adjacent to an activating group) is 1. The molecule has 19 heteroatoms. The van der Waals surface area contributed by atoms with Crippen molar-refractivity contribution in [1.82, 2.24) is 26.2 Å². The average molecular weight is 636 g/mol. The molecule has 0 fully saturated rings. The van der Waals surface area contributed by atoms with Crippen molar-refractivity contribution >= 4 is 72.6 Å². The molecule has 11 N–H and O–H groups in total. The van der Waals surface area contributed by atoms with Gasteiger partial charge in [-0.1, -0.05) is 0 Å². The van der Waals surface area contributed by atoms with E-state index in [0.29, 0.717) is 0 Å².